The molecule has 1 aliphatic rings. The third-order valence-corrected chi connectivity index (χ3v) is 4.15. The zero-order chi connectivity index (χ0) is 17.7. The molecule has 1 amide bonds. The number of ether oxygens (including phenoxy) is 2. The van der Waals surface area contributed by atoms with E-state index in [0.29, 0.717) is 6.04 Å². The fourth-order valence-electron chi connectivity index (χ4n) is 2.95. The lowest BCUT2D eigenvalue weighted by Crippen LogP contribution is -2.37. The van der Waals surface area contributed by atoms with E-state index in [9.17, 15) is 4.79 Å². The van der Waals surface area contributed by atoms with Gasteiger partial charge in [-0.1, -0.05) is 0 Å². The maximum atomic E-state index is 12.2. The first kappa shape index (κ1) is 18.4. The van der Waals surface area contributed by atoms with Crippen molar-refractivity contribution >= 4 is 11.8 Å². The molecule has 1 N–H and O–H groups in total. The van der Waals surface area contributed by atoms with Crippen molar-refractivity contribution < 1.29 is 14.3 Å². The molecule has 1 aromatic carbocycles. The SMILES string of the molecule is COc1ccc(NC2CCCN(C(=O)OC(C)(C)C)CC2)cc1C. The second kappa shape index (κ2) is 7.77. The van der Waals surface area contributed by atoms with Crippen LogP contribution in [0.2, 0.25) is 0 Å². The van der Waals surface area contributed by atoms with E-state index in [0.717, 1.165) is 49.4 Å². The minimum Gasteiger partial charge on any atom is -0.496 e. The molecular weight excluding hydrogens is 304 g/mol. The van der Waals surface area contributed by atoms with Crippen LogP contribution in [0.3, 0.4) is 0 Å². The predicted molar refractivity (Wildman–Crippen MR) is 96.8 cm³/mol. The van der Waals surface area contributed by atoms with E-state index < -0.39 is 5.60 Å². The molecular formula is C19H30N2O3. The summed E-state index contributed by atoms with van der Waals surface area (Å²) in [6.07, 6.45) is 2.74. The Morgan fingerprint density at radius 2 is 2.00 bits per heavy atom. The largest absolute Gasteiger partial charge is 0.496 e. The highest BCUT2D eigenvalue weighted by molar-refractivity contribution is 5.68. The molecule has 1 atom stereocenters. The average Bonchev–Trinajstić information content (AvgIpc) is 2.71. The van der Waals surface area contributed by atoms with E-state index in [1.54, 1.807) is 7.11 Å². The number of benzene rings is 1. The van der Waals surface area contributed by atoms with Gasteiger partial charge in [-0.25, -0.2) is 4.79 Å². The summed E-state index contributed by atoms with van der Waals surface area (Å²) in [6, 6.07) is 6.50. The molecule has 1 fully saturated rings. The van der Waals surface area contributed by atoms with Gasteiger partial charge in [-0.3, -0.25) is 0 Å². The second-order valence-electron chi connectivity index (χ2n) is 7.42. The lowest BCUT2D eigenvalue weighted by molar-refractivity contribution is 0.0256. The van der Waals surface area contributed by atoms with Crippen LogP contribution in [0, 0.1) is 6.92 Å². The molecule has 0 saturated carbocycles. The summed E-state index contributed by atoms with van der Waals surface area (Å²) in [5, 5.41) is 3.59. The number of rotatable bonds is 3. The minimum absolute atomic E-state index is 0.205. The quantitative estimate of drug-likeness (QED) is 0.900. The monoisotopic (exact) mass is 334 g/mol. The van der Waals surface area contributed by atoms with Crippen LogP contribution in [0.5, 0.6) is 5.75 Å². The molecule has 2 rings (SSSR count). The molecule has 0 radical (unpaired) electrons. The summed E-state index contributed by atoms with van der Waals surface area (Å²) < 4.78 is 10.8. The van der Waals surface area contributed by atoms with E-state index in [4.69, 9.17) is 9.47 Å². The van der Waals surface area contributed by atoms with Crippen LogP contribution in [-0.4, -0.2) is 42.8 Å². The van der Waals surface area contributed by atoms with Crippen molar-refractivity contribution in [3.8, 4) is 5.75 Å². The second-order valence-corrected chi connectivity index (χ2v) is 7.42. The van der Waals surface area contributed by atoms with Crippen LogP contribution in [0.15, 0.2) is 18.2 Å². The highest BCUT2D eigenvalue weighted by Crippen LogP contribution is 2.24. The zero-order valence-electron chi connectivity index (χ0n) is 15.5. The van der Waals surface area contributed by atoms with Gasteiger partial charge in [-0.2, -0.15) is 0 Å². The van der Waals surface area contributed by atoms with Gasteiger partial charge in [-0.15, -0.1) is 0 Å². The number of aryl methyl sites for hydroxylation is 1. The van der Waals surface area contributed by atoms with Crippen LogP contribution in [0.25, 0.3) is 0 Å². The van der Waals surface area contributed by atoms with E-state index in [1.807, 2.05) is 44.7 Å². The van der Waals surface area contributed by atoms with E-state index in [1.165, 1.54) is 0 Å². The summed E-state index contributed by atoms with van der Waals surface area (Å²) in [5.74, 6) is 0.900. The molecule has 1 unspecified atom stereocenters. The number of anilines is 1. The molecule has 0 aliphatic carbocycles. The molecule has 1 heterocycles. The molecule has 0 aromatic heterocycles. The summed E-state index contributed by atoms with van der Waals surface area (Å²) in [5.41, 5.74) is 1.78. The lowest BCUT2D eigenvalue weighted by atomic mass is 10.1. The maximum absolute atomic E-state index is 12.2. The standard InChI is InChI=1S/C19H30N2O3/c1-14-13-16(8-9-17(14)23-5)20-15-7-6-11-21(12-10-15)18(22)24-19(2,3)4/h8-9,13,15,20H,6-7,10-12H2,1-5H3. The maximum Gasteiger partial charge on any atom is 0.410 e. The van der Waals surface area contributed by atoms with Gasteiger partial charge in [-0.05, 0) is 70.7 Å². The van der Waals surface area contributed by atoms with Crippen molar-refractivity contribution in [2.24, 2.45) is 0 Å². The van der Waals surface area contributed by atoms with Crippen LogP contribution in [-0.2, 0) is 4.74 Å². The van der Waals surface area contributed by atoms with Crippen molar-refractivity contribution in [3.05, 3.63) is 23.8 Å². The Morgan fingerprint density at radius 3 is 2.62 bits per heavy atom. The molecule has 0 spiro atoms. The van der Waals surface area contributed by atoms with Gasteiger partial charge in [0.15, 0.2) is 0 Å². The van der Waals surface area contributed by atoms with Gasteiger partial charge in [0.05, 0.1) is 7.11 Å². The van der Waals surface area contributed by atoms with Gasteiger partial charge in [0.1, 0.15) is 11.4 Å². The number of nitrogens with zero attached hydrogens (tertiary/aromatic N) is 1. The van der Waals surface area contributed by atoms with Crippen molar-refractivity contribution in [3.63, 3.8) is 0 Å². The lowest BCUT2D eigenvalue weighted by Gasteiger charge is -2.26. The van der Waals surface area contributed by atoms with Gasteiger partial charge in [0.2, 0.25) is 0 Å². The summed E-state index contributed by atoms with van der Waals surface area (Å²) >= 11 is 0. The third-order valence-electron chi connectivity index (χ3n) is 4.15. The van der Waals surface area contributed by atoms with Crippen molar-refractivity contribution in [2.75, 3.05) is 25.5 Å². The summed E-state index contributed by atoms with van der Waals surface area (Å²) in [7, 11) is 1.69. The fraction of sp³-hybridized carbons (Fsp3) is 0.632. The number of amides is 1. The van der Waals surface area contributed by atoms with Gasteiger partial charge in [0, 0.05) is 24.8 Å². The van der Waals surface area contributed by atoms with E-state index in [2.05, 4.69) is 11.4 Å². The molecule has 24 heavy (non-hydrogen) atoms. The van der Waals surface area contributed by atoms with Crippen molar-refractivity contribution in [2.45, 2.75) is 58.6 Å². The molecule has 0 bridgehead atoms. The first-order chi connectivity index (χ1) is 11.3. The molecule has 1 aromatic rings. The Morgan fingerprint density at radius 1 is 1.25 bits per heavy atom. The smallest absolute Gasteiger partial charge is 0.410 e. The van der Waals surface area contributed by atoms with Gasteiger partial charge in [0.25, 0.3) is 0 Å². The van der Waals surface area contributed by atoms with Crippen LogP contribution >= 0.6 is 0 Å². The number of hydrogen-bond donors (Lipinski definition) is 1. The highest BCUT2D eigenvalue weighted by atomic mass is 16.6. The number of hydrogen-bond acceptors (Lipinski definition) is 4. The number of likely N-dealkylation sites (tertiary alicyclic amines) is 1. The Kier molecular flexibility index (Phi) is 5.97. The van der Waals surface area contributed by atoms with Crippen molar-refractivity contribution in [1.82, 2.24) is 4.90 Å². The van der Waals surface area contributed by atoms with Gasteiger partial charge >= 0.3 is 6.09 Å². The average molecular weight is 334 g/mol. The minimum atomic E-state index is -0.443. The molecule has 5 nitrogen and oxygen atoms in total. The Labute approximate surface area is 145 Å². The molecule has 1 saturated heterocycles. The highest BCUT2D eigenvalue weighted by Gasteiger charge is 2.25. The van der Waals surface area contributed by atoms with Crippen LogP contribution in [0.1, 0.15) is 45.6 Å². The first-order valence-electron chi connectivity index (χ1n) is 8.67. The van der Waals surface area contributed by atoms with Gasteiger partial charge < -0.3 is 19.7 Å². The molecule has 134 valence electrons. The Hall–Kier alpha value is -1.91. The number of methoxy groups -OCH3 is 1. The number of carbonyl (C=O) groups excluding carboxylic acids is 1. The van der Waals surface area contributed by atoms with Crippen LogP contribution in [0.4, 0.5) is 10.5 Å². The number of nitrogens with one attached hydrogen (secondary N) is 1. The summed E-state index contributed by atoms with van der Waals surface area (Å²) in [4.78, 5) is 14.0. The van der Waals surface area contributed by atoms with E-state index >= 15 is 0 Å². The zero-order valence-corrected chi connectivity index (χ0v) is 15.5. The number of carbonyl (C=O) groups is 1. The summed E-state index contributed by atoms with van der Waals surface area (Å²) in [6.45, 7) is 9.23. The predicted octanol–water partition coefficient (Wildman–Crippen LogP) is 4.21. The van der Waals surface area contributed by atoms with E-state index in [-0.39, 0.29) is 6.09 Å². The molecule has 1 aliphatic heterocycles. The fourth-order valence-corrected chi connectivity index (χ4v) is 2.95. The molecule has 5 heteroatoms. The van der Waals surface area contributed by atoms with Crippen molar-refractivity contribution in [1.29, 1.82) is 0 Å². The third kappa shape index (κ3) is 5.32. The topological polar surface area (TPSA) is 50.8 Å². The first-order valence-corrected chi connectivity index (χ1v) is 8.67. The Balaban J connectivity index is 1.91. The normalized spacial score (nSPS) is 18.7. The Bertz CT molecular complexity index is 566. The van der Waals surface area contributed by atoms with Crippen LogP contribution < -0.4 is 10.1 Å².